The lowest BCUT2D eigenvalue weighted by Gasteiger charge is -2.02. The molecule has 1 amide bonds. The molecule has 0 bridgehead atoms. The van der Waals surface area contributed by atoms with E-state index in [0.29, 0.717) is 5.69 Å². The number of unbranched alkanes of at least 4 members (excludes halogenated alkanes) is 7. The number of pyridine rings is 1. The second kappa shape index (κ2) is 9.54. The maximum absolute atomic E-state index is 11.3. The van der Waals surface area contributed by atoms with Gasteiger partial charge in [0.1, 0.15) is 6.54 Å². The molecule has 1 heterocycles. The van der Waals surface area contributed by atoms with Crippen molar-refractivity contribution < 1.29 is 9.36 Å². The van der Waals surface area contributed by atoms with Crippen LogP contribution in [-0.4, -0.2) is 5.91 Å². The third-order valence-electron chi connectivity index (χ3n) is 3.45. The molecule has 1 aromatic heterocycles. The van der Waals surface area contributed by atoms with E-state index < -0.39 is 0 Å². The van der Waals surface area contributed by atoms with Crippen molar-refractivity contribution in [3.05, 3.63) is 30.1 Å². The standard InChI is InChI=1S/C16H26N2O/c1-2-3-4-5-6-7-8-10-13-18-14-11-9-12-15(18)16(17)19/h9,11-12,14H,2-8,10,13H2,1H3,(H-,17,19)/p+1. The average molecular weight is 263 g/mol. The Hall–Kier alpha value is -1.38. The third-order valence-corrected chi connectivity index (χ3v) is 3.45. The number of aromatic nitrogens is 1. The molecule has 3 heteroatoms. The number of hydrogen-bond acceptors (Lipinski definition) is 1. The number of carbonyl (C=O) groups excluding carboxylic acids is 1. The number of aryl methyl sites for hydroxylation is 1. The number of nitrogens with two attached hydrogens (primary N) is 1. The number of hydrogen-bond donors (Lipinski definition) is 1. The minimum Gasteiger partial charge on any atom is -0.360 e. The molecule has 19 heavy (non-hydrogen) atoms. The van der Waals surface area contributed by atoms with E-state index in [9.17, 15) is 4.79 Å². The summed E-state index contributed by atoms with van der Waals surface area (Å²) in [5.74, 6) is -0.347. The molecule has 0 aliphatic carbocycles. The van der Waals surface area contributed by atoms with Gasteiger partial charge in [0.2, 0.25) is 0 Å². The van der Waals surface area contributed by atoms with Crippen molar-refractivity contribution in [1.29, 1.82) is 0 Å². The molecule has 2 N–H and O–H groups in total. The van der Waals surface area contributed by atoms with Crippen molar-refractivity contribution in [1.82, 2.24) is 0 Å². The first kappa shape index (κ1) is 15.7. The first-order chi connectivity index (χ1) is 9.25. The zero-order chi connectivity index (χ0) is 13.9. The number of carbonyl (C=O) groups is 1. The maximum atomic E-state index is 11.3. The zero-order valence-corrected chi connectivity index (χ0v) is 12.1. The molecule has 0 atom stereocenters. The Labute approximate surface area is 116 Å². The Balaban J connectivity index is 2.17. The minimum absolute atomic E-state index is 0.347. The molecule has 0 aromatic carbocycles. The lowest BCUT2D eigenvalue weighted by Crippen LogP contribution is -2.42. The fourth-order valence-corrected chi connectivity index (χ4v) is 2.31. The first-order valence-corrected chi connectivity index (χ1v) is 7.54. The van der Waals surface area contributed by atoms with Crippen LogP contribution in [0.3, 0.4) is 0 Å². The van der Waals surface area contributed by atoms with Gasteiger partial charge in [0.05, 0.1) is 0 Å². The van der Waals surface area contributed by atoms with Crippen LogP contribution in [-0.2, 0) is 6.54 Å². The van der Waals surface area contributed by atoms with Crippen LogP contribution in [0.4, 0.5) is 0 Å². The van der Waals surface area contributed by atoms with E-state index in [1.807, 2.05) is 22.9 Å². The molecule has 0 unspecified atom stereocenters. The Morgan fingerprint density at radius 1 is 1.05 bits per heavy atom. The van der Waals surface area contributed by atoms with Gasteiger partial charge in [0.25, 0.3) is 5.69 Å². The Morgan fingerprint density at radius 2 is 1.68 bits per heavy atom. The third kappa shape index (κ3) is 6.37. The van der Waals surface area contributed by atoms with Crippen molar-refractivity contribution in [3.63, 3.8) is 0 Å². The molecule has 0 spiro atoms. The fraction of sp³-hybridized carbons (Fsp3) is 0.625. The highest BCUT2D eigenvalue weighted by Gasteiger charge is 2.13. The van der Waals surface area contributed by atoms with Crippen LogP contribution in [0.25, 0.3) is 0 Å². The molecule has 0 saturated carbocycles. The molecule has 0 saturated heterocycles. The average Bonchev–Trinajstić information content (AvgIpc) is 2.42. The summed E-state index contributed by atoms with van der Waals surface area (Å²) >= 11 is 0. The van der Waals surface area contributed by atoms with Crippen LogP contribution in [0.5, 0.6) is 0 Å². The molecule has 1 rings (SSSR count). The summed E-state index contributed by atoms with van der Waals surface area (Å²) in [5, 5.41) is 0. The summed E-state index contributed by atoms with van der Waals surface area (Å²) in [6.07, 6.45) is 12.3. The van der Waals surface area contributed by atoms with Gasteiger partial charge in [-0.2, -0.15) is 4.57 Å². The lowest BCUT2D eigenvalue weighted by molar-refractivity contribution is -0.699. The van der Waals surface area contributed by atoms with Crippen LogP contribution >= 0.6 is 0 Å². The van der Waals surface area contributed by atoms with Gasteiger partial charge >= 0.3 is 5.91 Å². The van der Waals surface area contributed by atoms with Crippen molar-refractivity contribution in [2.45, 2.75) is 64.8 Å². The molecular weight excluding hydrogens is 236 g/mol. The fourth-order valence-electron chi connectivity index (χ4n) is 2.31. The highest BCUT2D eigenvalue weighted by Crippen LogP contribution is 2.08. The van der Waals surface area contributed by atoms with Crippen LogP contribution in [0.2, 0.25) is 0 Å². The Morgan fingerprint density at radius 3 is 2.32 bits per heavy atom. The highest BCUT2D eigenvalue weighted by atomic mass is 16.1. The van der Waals surface area contributed by atoms with E-state index in [1.54, 1.807) is 6.07 Å². The van der Waals surface area contributed by atoms with Crippen molar-refractivity contribution in [3.8, 4) is 0 Å². The molecule has 0 fully saturated rings. The van der Waals surface area contributed by atoms with Gasteiger partial charge < -0.3 is 5.73 Å². The van der Waals surface area contributed by atoms with Gasteiger partial charge in [-0.1, -0.05) is 45.4 Å². The quantitative estimate of drug-likeness (QED) is 0.511. The van der Waals surface area contributed by atoms with Crippen LogP contribution < -0.4 is 10.3 Å². The molecule has 3 nitrogen and oxygen atoms in total. The predicted molar refractivity (Wildman–Crippen MR) is 77.8 cm³/mol. The highest BCUT2D eigenvalue weighted by molar-refractivity contribution is 5.89. The van der Waals surface area contributed by atoms with E-state index >= 15 is 0 Å². The van der Waals surface area contributed by atoms with Crippen molar-refractivity contribution >= 4 is 5.91 Å². The van der Waals surface area contributed by atoms with Crippen molar-refractivity contribution in [2.75, 3.05) is 0 Å². The van der Waals surface area contributed by atoms with E-state index in [1.165, 1.54) is 44.9 Å². The topological polar surface area (TPSA) is 47.0 Å². The second-order valence-corrected chi connectivity index (χ2v) is 5.12. The summed E-state index contributed by atoms with van der Waals surface area (Å²) in [5.41, 5.74) is 5.96. The molecular formula is C16H27N2O+. The predicted octanol–water partition coefficient (Wildman–Crippen LogP) is 3.21. The largest absolute Gasteiger partial charge is 0.360 e. The smallest absolute Gasteiger partial charge is 0.313 e. The van der Waals surface area contributed by atoms with Crippen molar-refractivity contribution in [2.24, 2.45) is 5.73 Å². The van der Waals surface area contributed by atoms with Gasteiger partial charge in [-0.05, 0) is 12.5 Å². The molecule has 106 valence electrons. The van der Waals surface area contributed by atoms with E-state index in [4.69, 9.17) is 5.73 Å². The monoisotopic (exact) mass is 263 g/mol. The minimum atomic E-state index is -0.347. The van der Waals surface area contributed by atoms with Crippen LogP contribution in [0.1, 0.15) is 68.8 Å². The number of amides is 1. The van der Waals surface area contributed by atoms with Gasteiger partial charge in [0.15, 0.2) is 6.20 Å². The second-order valence-electron chi connectivity index (χ2n) is 5.12. The Bertz CT molecular complexity index is 377. The lowest BCUT2D eigenvalue weighted by atomic mass is 10.1. The van der Waals surface area contributed by atoms with Gasteiger partial charge in [-0.25, -0.2) is 0 Å². The number of nitrogens with zero attached hydrogens (tertiary/aromatic N) is 1. The van der Waals surface area contributed by atoms with Gasteiger partial charge in [0, 0.05) is 18.6 Å². The van der Waals surface area contributed by atoms with Gasteiger partial charge in [-0.15, -0.1) is 0 Å². The zero-order valence-electron chi connectivity index (χ0n) is 12.1. The Kier molecular flexibility index (Phi) is 7.87. The maximum Gasteiger partial charge on any atom is 0.313 e. The van der Waals surface area contributed by atoms with Crippen LogP contribution in [0.15, 0.2) is 24.4 Å². The molecule has 0 radical (unpaired) electrons. The summed E-state index contributed by atoms with van der Waals surface area (Å²) in [6.45, 7) is 3.13. The molecule has 0 aliphatic heterocycles. The SMILES string of the molecule is CCCCCCCCCC[n+]1ccccc1C(N)=O. The van der Waals surface area contributed by atoms with E-state index in [-0.39, 0.29) is 5.91 Å². The summed E-state index contributed by atoms with van der Waals surface area (Å²) in [4.78, 5) is 11.3. The summed E-state index contributed by atoms with van der Waals surface area (Å²) in [7, 11) is 0. The van der Waals surface area contributed by atoms with E-state index in [2.05, 4.69) is 6.92 Å². The first-order valence-electron chi connectivity index (χ1n) is 7.54. The summed E-state index contributed by atoms with van der Waals surface area (Å²) in [6, 6.07) is 5.58. The summed E-state index contributed by atoms with van der Waals surface area (Å²) < 4.78 is 1.96. The van der Waals surface area contributed by atoms with Crippen LogP contribution in [0, 0.1) is 0 Å². The van der Waals surface area contributed by atoms with E-state index in [0.717, 1.165) is 13.0 Å². The number of rotatable bonds is 10. The molecule has 0 aliphatic rings. The number of primary amides is 1. The normalized spacial score (nSPS) is 10.6. The van der Waals surface area contributed by atoms with Gasteiger partial charge in [-0.3, -0.25) is 4.79 Å². The molecule has 1 aromatic rings.